The highest BCUT2D eigenvalue weighted by Gasteiger charge is 2.42. The van der Waals surface area contributed by atoms with Crippen LogP contribution in [-0.4, -0.2) is 16.0 Å². The zero-order chi connectivity index (χ0) is 18.1. The van der Waals surface area contributed by atoms with Gasteiger partial charge in [-0.1, -0.05) is 13.8 Å². The number of carbonyl (C=O) groups excluding carboxylic acids is 1. The number of H-pyrrole nitrogens is 1. The molecule has 1 unspecified atom stereocenters. The number of benzene rings is 1. The number of nitrogens with zero attached hydrogens (tertiary/aromatic N) is 1. The van der Waals surface area contributed by atoms with Crippen molar-refractivity contribution in [2.45, 2.75) is 39.5 Å². The molecular weight excluding hydrogens is 342 g/mol. The lowest BCUT2D eigenvalue weighted by atomic mass is 9.69. The number of aromatic amines is 1. The van der Waals surface area contributed by atoms with Crippen LogP contribution in [0.25, 0.3) is 10.9 Å². The van der Waals surface area contributed by atoms with Crippen LogP contribution < -0.4 is 5.32 Å². The number of anilines is 1. The Morgan fingerprint density at radius 3 is 2.85 bits per heavy atom. The van der Waals surface area contributed by atoms with Crippen molar-refractivity contribution >= 4 is 33.7 Å². The maximum Gasteiger partial charge on any atom is 0.162 e. The third kappa shape index (κ3) is 2.20. The van der Waals surface area contributed by atoms with Gasteiger partial charge in [0.1, 0.15) is 0 Å². The molecule has 3 aromatic rings. The second kappa shape index (κ2) is 5.30. The van der Waals surface area contributed by atoms with Crippen LogP contribution in [0.5, 0.6) is 0 Å². The summed E-state index contributed by atoms with van der Waals surface area (Å²) in [4.78, 5) is 14.5. The molecule has 2 aliphatic rings. The van der Waals surface area contributed by atoms with Gasteiger partial charge in [-0.3, -0.25) is 9.89 Å². The Morgan fingerprint density at radius 2 is 2.08 bits per heavy atom. The molecule has 1 atom stereocenters. The number of thiophene rings is 1. The van der Waals surface area contributed by atoms with Gasteiger partial charge in [-0.25, -0.2) is 0 Å². The largest absolute Gasteiger partial charge is 0.358 e. The van der Waals surface area contributed by atoms with E-state index in [0.29, 0.717) is 6.42 Å². The number of hydrogen-bond donors (Lipinski definition) is 2. The molecule has 5 rings (SSSR count). The third-order valence-corrected chi connectivity index (χ3v) is 6.69. The van der Waals surface area contributed by atoms with Crippen LogP contribution in [0, 0.1) is 12.3 Å². The number of aryl methyl sites for hydroxylation is 1. The summed E-state index contributed by atoms with van der Waals surface area (Å²) in [6.45, 7) is 6.49. The molecule has 2 N–H and O–H groups in total. The number of carbonyl (C=O) groups is 1. The summed E-state index contributed by atoms with van der Waals surface area (Å²) in [5.41, 5.74) is 6.54. The molecule has 2 aromatic heterocycles. The normalized spacial score (nSPS) is 21.5. The summed E-state index contributed by atoms with van der Waals surface area (Å²) in [5, 5.41) is 14.2. The van der Waals surface area contributed by atoms with Crippen molar-refractivity contribution in [1.29, 1.82) is 0 Å². The van der Waals surface area contributed by atoms with Crippen LogP contribution in [0.2, 0.25) is 0 Å². The molecular formula is C21H21N3OS. The van der Waals surface area contributed by atoms with E-state index < -0.39 is 0 Å². The number of Topliss-reactive ketones (excluding diaryl/α,β-unsaturated/α-hetero) is 1. The van der Waals surface area contributed by atoms with E-state index in [-0.39, 0.29) is 17.1 Å². The average molecular weight is 363 g/mol. The number of allylic oxidation sites excluding steroid dienone is 2. The van der Waals surface area contributed by atoms with Crippen LogP contribution >= 0.6 is 11.3 Å². The van der Waals surface area contributed by atoms with E-state index >= 15 is 0 Å². The van der Waals surface area contributed by atoms with Crippen LogP contribution in [-0.2, 0) is 4.79 Å². The van der Waals surface area contributed by atoms with E-state index in [0.717, 1.165) is 39.8 Å². The highest BCUT2D eigenvalue weighted by atomic mass is 32.1. The highest BCUT2D eigenvalue weighted by molar-refractivity contribution is 7.10. The van der Waals surface area contributed by atoms with Gasteiger partial charge in [0.15, 0.2) is 5.78 Å². The monoisotopic (exact) mass is 363 g/mol. The first kappa shape index (κ1) is 15.8. The van der Waals surface area contributed by atoms with Crippen molar-refractivity contribution in [3.05, 3.63) is 57.1 Å². The molecule has 1 aliphatic carbocycles. The minimum Gasteiger partial charge on any atom is -0.358 e. The molecule has 0 saturated heterocycles. The summed E-state index contributed by atoms with van der Waals surface area (Å²) in [7, 11) is 0. The quantitative estimate of drug-likeness (QED) is 0.630. The molecule has 0 fully saturated rings. The van der Waals surface area contributed by atoms with E-state index in [4.69, 9.17) is 0 Å². The summed E-state index contributed by atoms with van der Waals surface area (Å²) in [6.07, 6.45) is 3.35. The van der Waals surface area contributed by atoms with Gasteiger partial charge in [0.25, 0.3) is 0 Å². The topological polar surface area (TPSA) is 57.8 Å². The Bertz CT molecular complexity index is 1090. The Balaban J connectivity index is 1.83. The molecule has 5 heteroatoms. The number of fused-ring (bicyclic) bond motifs is 3. The van der Waals surface area contributed by atoms with Gasteiger partial charge < -0.3 is 5.32 Å². The van der Waals surface area contributed by atoms with Crippen molar-refractivity contribution in [1.82, 2.24) is 10.2 Å². The fourth-order valence-electron chi connectivity index (χ4n) is 4.47. The summed E-state index contributed by atoms with van der Waals surface area (Å²) in [6, 6.07) is 6.36. The lowest BCUT2D eigenvalue weighted by Crippen LogP contribution is -2.33. The van der Waals surface area contributed by atoms with Gasteiger partial charge >= 0.3 is 0 Å². The molecule has 0 amide bonds. The van der Waals surface area contributed by atoms with Crippen molar-refractivity contribution in [3.8, 4) is 0 Å². The minimum atomic E-state index is -0.0194. The van der Waals surface area contributed by atoms with Gasteiger partial charge in [0, 0.05) is 39.2 Å². The second-order valence-corrected chi connectivity index (χ2v) is 9.17. The predicted octanol–water partition coefficient (Wildman–Crippen LogP) is 5.13. The molecule has 132 valence electrons. The van der Waals surface area contributed by atoms with Gasteiger partial charge in [0.05, 0.1) is 17.6 Å². The van der Waals surface area contributed by atoms with E-state index in [2.05, 4.69) is 59.9 Å². The Labute approximate surface area is 156 Å². The zero-order valence-electron chi connectivity index (χ0n) is 15.1. The average Bonchev–Trinajstić information content (AvgIpc) is 3.20. The molecule has 0 bridgehead atoms. The number of hydrogen-bond acceptors (Lipinski definition) is 4. The van der Waals surface area contributed by atoms with E-state index in [1.165, 1.54) is 10.4 Å². The maximum atomic E-state index is 13.2. The van der Waals surface area contributed by atoms with Crippen molar-refractivity contribution in [2.24, 2.45) is 5.41 Å². The van der Waals surface area contributed by atoms with Crippen LogP contribution in [0.15, 0.2) is 41.0 Å². The van der Waals surface area contributed by atoms with Crippen LogP contribution in [0.1, 0.15) is 48.6 Å². The molecule has 0 saturated carbocycles. The van der Waals surface area contributed by atoms with Crippen LogP contribution in [0.4, 0.5) is 5.69 Å². The van der Waals surface area contributed by atoms with Gasteiger partial charge in [-0.05, 0) is 47.9 Å². The van der Waals surface area contributed by atoms with E-state index in [1.54, 1.807) is 11.3 Å². The van der Waals surface area contributed by atoms with Crippen LogP contribution in [0.3, 0.4) is 0 Å². The molecule has 0 spiro atoms. The Hall–Kier alpha value is -2.40. The first-order valence-electron chi connectivity index (χ1n) is 8.98. The molecule has 3 heterocycles. The van der Waals surface area contributed by atoms with Crippen molar-refractivity contribution in [2.75, 3.05) is 5.32 Å². The summed E-state index contributed by atoms with van der Waals surface area (Å²) < 4.78 is 0. The molecule has 4 nitrogen and oxygen atoms in total. The number of ketones is 1. The lowest BCUT2D eigenvalue weighted by Gasteiger charge is -2.39. The minimum absolute atomic E-state index is 0.00640. The summed E-state index contributed by atoms with van der Waals surface area (Å²) in [5.74, 6) is 0.248. The smallest absolute Gasteiger partial charge is 0.162 e. The van der Waals surface area contributed by atoms with Gasteiger partial charge in [-0.15, -0.1) is 11.3 Å². The fourth-order valence-corrected chi connectivity index (χ4v) is 5.52. The molecule has 26 heavy (non-hydrogen) atoms. The highest BCUT2D eigenvalue weighted by Crippen LogP contribution is 2.51. The standard InChI is InChI=1S/C21H21N3OS/c1-11-6-7-26-20(11)18-16-14(8-21(2,3)9-15(16)25)23-13-5-4-12-10-22-24-19(12)17(13)18/h4-7,10,18,23H,8-9H2,1-3H3,(H,22,24). The van der Waals surface area contributed by atoms with Gasteiger partial charge in [-0.2, -0.15) is 5.10 Å². The fraction of sp³-hybridized carbons (Fsp3) is 0.333. The predicted molar refractivity (Wildman–Crippen MR) is 106 cm³/mol. The SMILES string of the molecule is Cc1ccsc1C1C2=C(CC(C)(C)CC2=O)Nc2ccc3cn[nH]c3c21. The van der Waals surface area contributed by atoms with E-state index in [1.807, 2.05) is 6.20 Å². The molecule has 1 aromatic carbocycles. The molecule has 1 aliphatic heterocycles. The number of aromatic nitrogens is 2. The first-order chi connectivity index (χ1) is 12.4. The zero-order valence-corrected chi connectivity index (χ0v) is 16.0. The summed E-state index contributed by atoms with van der Waals surface area (Å²) >= 11 is 1.74. The Morgan fingerprint density at radius 1 is 1.23 bits per heavy atom. The number of rotatable bonds is 1. The number of nitrogens with one attached hydrogen (secondary N) is 2. The molecule has 0 radical (unpaired) electrons. The second-order valence-electron chi connectivity index (χ2n) is 8.22. The van der Waals surface area contributed by atoms with E-state index in [9.17, 15) is 4.79 Å². The maximum absolute atomic E-state index is 13.2. The first-order valence-corrected chi connectivity index (χ1v) is 9.86. The van der Waals surface area contributed by atoms with Crippen molar-refractivity contribution < 1.29 is 4.79 Å². The van der Waals surface area contributed by atoms with Gasteiger partial charge in [0.2, 0.25) is 0 Å². The third-order valence-electron chi connectivity index (χ3n) is 5.60. The Kier molecular flexibility index (Phi) is 3.23. The van der Waals surface area contributed by atoms with Crippen molar-refractivity contribution in [3.63, 3.8) is 0 Å². The lowest BCUT2D eigenvalue weighted by molar-refractivity contribution is -0.118.